The second-order valence-electron chi connectivity index (χ2n) is 3.74. The van der Waals surface area contributed by atoms with E-state index in [-0.39, 0.29) is 18.1 Å². The molecule has 88 valence electrons. The highest BCUT2D eigenvalue weighted by molar-refractivity contribution is 9.10. The van der Waals surface area contributed by atoms with Gasteiger partial charge in [0.15, 0.2) is 0 Å². The SMILES string of the molecule is O=S1(=O)CCCN1Cc1ccc(Br)cc1F. The Morgan fingerprint density at radius 2 is 2.19 bits per heavy atom. The van der Waals surface area contributed by atoms with E-state index < -0.39 is 10.0 Å². The molecule has 0 amide bonds. The van der Waals surface area contributed by atoms with Crippen LogP contribution in [-0.2, 0) is 16.6 Å². The number of hydrogen-bond acceptors (Lipinski definition) is 2. The molecule has 0 spiro atoms. The summed E-state index contributed by atoms with van der Waals surface area (Å²) >= 11 is 3.16. The molecule has 6 heteroatoms. The van der Waals surface area contributed by atoms with Gasteiger partial charge in [-0.2, -0.15) is 4.31 Å². The van der Waals surface area contributed by atoms with E-state index in [0.717, 1.165) is 0 Å². The summed E-state index contributed by atoms with van der Waals surface area (Å²) in [6.07, 6.45) is 0.625. The summed E-state index contributed by atoms with van der Waals surface area (Å²) in [7, 11) is -3.16. The average Bonchev–Trinajstić information content (AvgIpc) is 2.50. The van der Waals surface area contributed by atoms with Crippen LogP contribution in [-0.4, -0.2) is 25.0 Å². The lowest BCUT2D eigenvalue weighted by atomic mass is 10.2. The molecule has 1 fully saturated rings. The molecule has 16 heavy (non-hydrogen) atoms. The van der Waals surface area contributed by atoms with Crippen LogP contribution in [0.25, 0.3) is 0 Å². The molecule has 1 aliphatic heterocycles. The summed E-state index contributed by atoms with van der Waals surface area (Å²) in [5.74, 6) is -0.206. The lowest BCUT2D eigenvalue weighted by Crippen LogP contribution is -2.25. The number of rotatable bonds is 2. The summed E-state index contributed by atoms with van der Waals surface area (Å²) in [6.45, 7) is 0.610. The molecule has 0 radical (unpaired) electrons. The van der Waals surface area contributed by atoms with Crippen molar-refractivity contribution in [1.82, 2.24) is 4.31 Å². The van der Waals surface area contributed by atoms with Crippen molar-refractivity contribution in [2.75, 3.05) is 12.3 Å². The Kier molecular flexibility index (Phi) is 3.32. The second-order valence-corrected chi connectivity index (χ2v) is 6.74. The number of halogens is 2. The van der Waals surface area contributed by atoms with Crippen LogP contribution < -0.4 is 0 Å². The monoisotopic (exact) mass is 307 g/mol. The third-order valence-electron chi connectivity index (χ3n) is 2.57. The summed E-state index contributed by atoms with van der Waals surface area (Å²) in [6, 6.07) is 4.66. The molecule has 1 aromatic carbocycles. The molecule has 0 saturated carbocycles. The van der Waals surface area contributed by atoms with Gasteiger partial charge in [0.25, 0.3) is 0 Å². The van der Waals surface area contributed by atoms with Crippen LogP contribution in [0.5, 0.6) is 0 Å². The molecule has 1 saturated heterocycles. The van der Waals surface area contributed by atoms with Crippen molar-refractivity contribution in [2.45, 2.75) is 13.0 Å². The molecule has 3 nitrogen and oxygen atoms in total. The summed E-state index contributed by atoms with van der Waals surface area (Å²) in [5.41, 5.74) is 0.411. The number of nitrogens with zero attached hydrogens (tertiary/aromatic N) is 1. The minimum absolute atomic E-state index is 0.126. The van der Waals surface area contributed by atoms with Gasteiger partial charge in [0, 0.05) is 23.1 Å². The van der Waals surface area contributed by atoms with Crippen LogP contribution >= 0.6 is 15.9 Å². The fraction of sp³-hybridized carbons (Fsp3) is 0.400. The molecule has 0 N–H and O–H groups in total. The molecular weight excluding hydrogens is 297 g/mol. The molecule has 1 heterocycles. The van der Waals surface area contributed by atoms with Gasteiger partial charge in [0.2, 0.25) is 10.0 Å². The molecule has 1 aliphatic rings. The lowest BCUT2D eigenvalue weighted by Gasteiger charge is -2.14. The Labute approximate surface area is 102 Å². The predicted octanol–water partition coefficient (Wildman–Crippen LogP) is 2.12. The topological polar surface area (TPSA) is 37.4 Å². The first kappa shape index (κ1) is 12.0. The van der Waals surface area contributed by atoms with Crippen LogP contribution in [0.2, 0.25) is 0 Å². The Bertz CT molecular complexity index is 504. The maximum absolute atomic E-state index is 13.5. The highest BCUT2D eigenvalue weighted by Gasteiger charge is 2.28. The first-order valence-corrected chi connectivity index (χ1v) is 7.31. The Balaban J connectivity index is 2.21. The van der Waals surface area contributed by atoms with Gasteiger partial charge in [0.05, 0.1) is 5.75 Å². The number of hydrogen-bond donors (Lipinski definition) is 0. The number of benzene rings is 1. The van der Waals surface area contributed by atoms with Crippen LogP contribution in [0, 0.1) is 5.82 Å². The second kappa shape index (κ2) is 4.43. The first-order chi connectivity index (χ1) is 7.49. The zero-order valence-corrected chi connectivity index (χ0v) is 10.9. The third-order valence-corrected chi connectivity index (χ3v) is 4.96. The van der Waals surface area contributed by atoms with Crippen molar-refractivity contribution in [3.05, 3.63) is 34.1 Å². The van der Waals surface area contributed by atoms with Crippen molar-refractivity contribution in [1.29, 1.82) is 0 Å². The molecule has 0 aromatic heterocycles. The predicted molar refractivity (Wildman–Crippen MR) is 62.9 cm³/mol. The largest absolute Gasteiger partial charge is 0.214 e. The number of sulfonamides is 1. The Morgan fingerprint density at radius 1 is 1.44 bits per heavy atom. The lowest BCUT2D eigenvalue weighted by molar-refractivity contribution is 0.430. The van der Waals surface area contributed by atoms with Crippen molar-refractivity contribution in [3.8, 4) is 0 Å². The van der Waals surface area contributed by atoms with Crippen molar-refractivity contribution < 1.29 is 12.8 Å². The minimum atomic E-state index is -3.16. The quantitative estimate of drug-likeness (QED) is 0.839. The van der Waals surface area contributed by atoms with Crippen molar-refractivity contribution >= 4 is 26.0 Å². The minimum Gasteiger partial charge on any atom is -0.212 e. The fourth-order valence-corrected chi connectivity index (χ4v) is 3.54. The van der Waals surface area contributed by atoms with Gasteiger partial charge < -0.3 is 0 Å². The van der Waals surface area contributed by atoms with Crippen LogP contribution in [0.15, 0.2) is 22.7 Å². The highest BCUT2D eigenvalue weighted by Crippen LogP contribution is 2.21. The zero-order valence-electron chi connectivity index (χ0n) is 8.49. The highest BCUT2D eigenvalue weighted by atomic mass is 79.9. The van der Waals surface area contributed by atoms with E-state index >= 15 is 0 Å². The third kappa shape index (κ3) is 2.44. The van der Waals surface area contributed by atoms with Gasteiger partial charge >= 0.3 is 0 Å². The Morgan fingerprint density at radius 3 is 2.75 bits per heavy atom. The van der Waals surface area contributed by atoms with Crippen LogP contribution in [0.4, 0.5) is 4.39 Å². The summed E-state index contributed by atoms with van der Waals surface area (Å²) in [5, 5.41) is 0. The van der Waals surface area contributed by atoms with E-state index in [0.29, 0.717) is 23.0 Å². The summed E-state index contributed by atoms with van der Waals surface area (Å²) < 4.78 is 38.6. The van der Waals surface area contributed by atoms with Gasteiger partial charge in [-0.1, -0.05) is 22.0 Å². The molecule has 0 bridgehead atoms. The van der Waals surface area contributed by atoms with E-state index in [1.807, 2.05) is 0 Å². The van der Waals surface area contributed by atoms with Gasteiger partial charge in [-0.25, -0.2) is 12.8 Å². The normalized spacial score (nSPS) is 20.1. The fourth-order valence-electron chi connectivity index (χ4n) is 1.71. The zero-order chi connectivity index (χ0) is 11.8. The molecule has 0 aliphatic carbocycles. The van der Waals surface area contributed by atoms with Gasteiger partial charge in [-0.15, -0.1) is 0 Å². The average molecular weight is 308 g/mol. The molecule has 0 atom stereocenters. The van der Waals surface area contributed by atoms with Gasteiger partial charge in [-0.3, -0.25) is 0 Å². The maximum atomic E-state index is 13.5. The molecule has 1 aromatic rings. The van der Waals surface area contributed by atoms with Crippen LogP contribution in [0.1, 0.15) is 12.0 Å². The van der Waals surface area contributed by atoms with Gasteiger partial charge in [0.1, 0.15) is 5.82 Å². The van der Waals surface area contributed by atoms with Gasteiger partial charge in [-0.05, 0) is 18.6 Å². The summed E-state index contributed by atoms with van der Waals surface area (Å²) in [4.78, 5) is 0. The van der Waals surface area contributed by atoms with Crippen LogP contribution in [0.3, 0.4) is 0 Å². The molecular formula is C10H11BrFNO2S. The van der Waals surface area contributed by atoms with Crippen molar-refractivity contribution in [3.63, 3.8) is 0 Å². The molecule has 2 rings (SSSR count). The van der Waals surface area contributed by atoms with E-state index in [4.69, 9.17) is 0 Å². The van der Waals surface area contributed by atoms with E-state index in [2.05, 4.69) is 15.9 Å². The van der Waals surface area contributed by atoms with E-state index in [9.17, 15) is 12.8 Å². The van der Waals surface area contributed by atoms with E-state index in [1.165, 1.54) is 10.4 Å². The van der Waals surface area contributed by atoms with Crippen molar-refractivity contribution in [2.24, 2.45) is 0 Å². The standard InChI is InChI=1S/C10H11BrFNO2S/c11-9-3-2-8(10(12)6-9)7-13-4-1-5-16(13,14)15/h2-3,6H,1,4-5,7H2. The maximum Gasteiger partial charge on any atom is 0.214 e. The first-order valence-electron chi connectivity index (χ1n) is 4.91. The Hall–Kier alpha value is -0.460. The smallest absolute Gasteiger partial charge is 0.212 e. The molecule has 0 unspecified atom stereocenters. The van der Waals surface area contributed by atoms with E-state index in [1.54, 1.807) is 12.1 Å².